The molecule has 2 heterocycles. The summed E-state index contributed by atoms with van der Waals surface area (Å²) >= 11 is 0. The van der Waals surface area contributed by atoms with Crippen LogP contribution in [0.3, 0.4) is 0 Å². The number of nitrogens with one attached hydrogen (secondary N) is 1. The van der Waals surface area contributed by atoms with Crippen LogP contribution in [0.2, 0.25) is 0 Å². The summed E-state index contributed by atoms with van der Waals surface area (Å²) in [6.45, 7) is 3.09. The minimum absolute atomic E-state index is 0.0210. The highest BCUT2D eigenvalue weighted by Gasteiger charge is 2.41. The first-order valence-corrected chi connectivity index (χ1v) is 9.66. The van der Waals surface area contributed by atoms with Gasteiger partial charge in [-0.05, 0) is 42.9 Å². The molecule has 1 amide bonds. The lowest BCUT2D eigenvalue weighted by Crippen LogP contribution is -2.50. The highest BCUT2D eigenvalue weighted by atomic mass is 16.5. The molecule has 0 aliphatic carbocycles. The molecule has 1 aliphatic rings. The van der Waals surface area contributed by atoms with Gasteiger partial charge in [-0.1, -0.05) is 37.3 Å². The van der Waals surface area contributed by atoms with Gasteiger partial charge in [0.25, 0.3) is 0 Å². The topological polar surface area (TPSA) is 71.5 Å². The maximum Gasteiger partial charge on any atom is 0.227 e. The number of rotatable bonds is 7. The summed E-state index contributed by atoms with van der Waals surface area (Å²) < 4.78 is 5.55. The van der Waals surface area contributed by atoms with Crippen LogP contribution < -0.4 is 5.32 Å². The third kappa shape index (κ3) is 4.54. The number of aliphatic hydroxyl groups excluding tert-OH is 1. The summed E-state index contributed by atoms with van der Waals surface area (Å²) in [4.78, 5) is 17.4. The first kappa shape index (κ1) is 19.5. The minimum Gasteiger partial charge on any atom is -0.394 e. The van der Waals surface area contributed by atoms with Crippen LogP contribution in [0.4, 0.5) is 0 Å². The van der Waals surface area contributed by atoms with Gasteiger partial charge in [-0.25, -0.2) is 0 Å². The molecule has 1 aliphatic heterocycles. The van der Waals surface area contributed by atoms with E-state index in [1.165, 1.54) is 0 Å². The van der Waals surface area contributed by atoms with Gasteiger partial charge in [-0.2, -0.15) is 0 Å². The van der Waals surface area contributed by atoms with Gasteiger partial charge in [-0.3, -0.25) is 9.78 Å². The summed E-state index contributed by atoms with van der Waals surface area (Å²) in [5, 5.41) is 12.5. The molecule has 2 N–H and O–H groups in total. The fourth-order valence-electron chi connectivity index (χ4n) is 3.70. The average molecular weight is 368 g/mol. The van der Waals surface area contributed by atoms with Gasteiger partial charge < -0.3 is 15.2 Å². The molecule has 1 saturated heterocycles. The molecule has 27 heavy (non-hydrogen) atoms. The number of hydrogen-bond acceptors (Lipinski definition) is 4. The van der Waals surface area contributed by atoms with Crippen molar-refractivity contribution in [1.29, 1.82) is 0 Å². The normalized spacial score (nSPS) is 17.3. The van der Waals surface area contributed by atoms with Gasteiger partial charge in [0.2, 0.25) is 5.91 Å². The van der Waals surface area contributed by atoms with Crippen LogP contribution >= 0.6 is 0 Å². The van der Waals surface area contributed by atoms with Gasteiger partial charge in [0.05, 0.1) is 18.1 Å². The molecule has 1 aromatic heterocycles. The number of ether oxygens (including phenoxy) is 1. The second-order valence-corrected chi connectivity index (χ2v) is 7.23. The van der Waals surface area contributed by atoms with Crippen molar-refractivity contribution in [1.82, 2.24) is 10.3 Å². The summed E-state index contributed by atoms with van der Waals surface area (Å²) in [6.07, 6.45) is 6.34. The molecule has 144 valence electrons. The molecule has 0 bridgehead atoms. The smallest absolute Gasteiger partial charge is 0.227 e. The molecule has 0 spiro atoms. The van der Waals surface area contributed by atoms with Crippen LogP contribution in [0.1, 0.15) is 31.7 Å². The van der Waals surface area contributed by atoms with Crippen molar-refractivity contribution < 1.29 is 14.6 Å². The van der Waals surface area contributed by atoms with Gasteiger partial charge in [0, 0.05) is 31.2 Å². The molecule has 1 fully saturated rings. The minimum atomic E-state index is -0.515. The van der Waals surface area contributed by atoms with Crippen molar-refractivity contribution in [3.05, 3.63) is 54.4 Å². The van der Waals surface area contributed by atoms with Crippen molar-refractivity contribution in [2.75, 3.05) is 19.8 Å². The Hall–Kier alpha value is -2.24. The second kappa shape index (κ2) is 9.11. The lowest BCUT2D eigenvalue weighted by molar-refractivity contribution is -0.137. The summed E-state index contributed by atoms with van der Waals surface area (Å²) in [7, 11) is 0. The van der Waals surface area contributed by atoms with Crippen molar-refractivity contribution in [2.45, 2.75) is 38.6 Å². The SMILES string of the molecule is CCC(CO)NC(=O)C1(Cc2ccccc2-c2cccnc2)CCOCC1. The van der Waals surface area contributed by atoms with Crippen LogP contribution in [-0.4, -0.2) is 41.9 Å². The highest BCUT2D eigenvalue weighted by Crippen LogP contribution is 2.37. The van der Waals surface area contributed by atoms with E-state index in [-0.39, 0.29) is 18.6 Å². The Morgan fingerprint density at radius 3 is 2.70 bits per heavy atom. The molecule has 5 heteroatoms. The fraction of sp³-hybridized carbons (Fsp3) is 0.455. The Morgan fingerprint density at radius 1 is 1.26 bits per heavy atom. The van der Waals surface area contributed by atoms with Crippen molar-refractivity contribution >= 4 is 5.91 Å². The Morgan fingerprint density at radius 2 is 2.04 bits per heavy atom. The van der Waals surface area contributed by atoms with E-state index < -0.39 is 5.41 Å². The number of aromatic nitrogens is 1. The van der Waals surface area contributed by atoms with E-state index >= 15 is 0 Å². The highest BCUT2D eigenvalue weighted by molar-refractivity contribution is 5.84. The molecule has 0 radical (unpaired) electrons. The van der Waals surface area contributed by atoms with E-state index in [0.717, 1.165) is 16.7 Å². The molecule has 1 atom stereocenters. The zero-order valence-electron chi connectivity index (χ0n) is 15.9. The van der Waals surface area contributed by atoms with Crippen LogP contribution in [0.25, 0.3) is 11.1 Å². The molecular weight excluding hydrogens is 340 g/mol. The maximum absolute atomic E-state index is 13.2. The number of nitrogens with zero attached hydrogens (tertiary/aromatic N) is 1. The van der Waals surface area contributed by atoms with E-state index in [1.807, 2.05) is 37.4 Å². The zero-order chi connectivity index (χ0) is 19.1. The zero-order valence-corrected chi connectivity index (χ0v) is 15.9. The lowest BCUT2D eigenvalue weighted by Gasteiger charge is -2.37. The standard InChI is InChI=1S/C22H28N2O3/c1-2-19(16-25)24-21(26)22(9-12-27-13-10-22)14-17-6-3-4-8-20(17)18-7-5-11-23-15-18/h3-8,11,15,19,25H,2,9-10,12-14,16H2,1H3,(H,24,26). The van der Waals surface area contributed by atoms with E-state index in [1.54, 1.807) is 6.20 Å². The Kier molecular flexibility index (Phi) is 6.58. The first-order chi connectivity index (χ1) is 13.2. The number of benzene rings is 1. The lowest BCUT2D eigenvalue weighted by atomic mass is 9.73. The predicted octanol–water partition coefficient (Wildman–Crippen LogP) is 2.98. The molecular formula is C22H28N2O3. The third-order valence-electron chi connectivity index (χ3n) is 5.50. The molecule has 1 aromatic carbocycles. The van der Waals surface area contributed by atoms with Crippen molar-refractivity contribution in [3.63, 3.8) is 0 Å². The van der Waals surface area contributed by atoms with E-state index in [4.69, 9.17) is 4.74 Å². The van der Waals surface area contributed by atoms with Crippen molar-refractivity contribution in [3.8, 4) is 11.1 Å². The van der Waals surface area contributed by atoms with Gasteiger partial charge in [0.15, 0.2) is 0 Å². The number of amides is 1. The number of hydrogen-bond donors (Lipinski definition) is 2. The Labute approximate surface area is 160 Å². The first-order valence-electron chi connectivity index (χ1n) is 9.66. The molecule has 2 aromatic rings. The largest absolute Gasteiger partial charge is 0.394 e. The summed E-state index contributed by atoms with van der Waals surface area (Å²) in [5.41, 5.74) is 2.79. The number of pyridine rings is 1. The van der Waals surface area contributed by atoms with Crippen LogP contribution in [0, 0.1) is 5.41 Å². The summed E-state index contributed by atoms with van der Waals surface area (Å²) in [6, 6.07) is 12.0. The predicted molar refractivity (Wildman–Crippen MR) is 105 cm³/mol. The molecule has 1 unspecified atom stereocenters. The number of carbonyl (C=O) groups excluding carboxylic acids is 1. The Bertz CT molecular complexity index is 738. The monoisotopic (exact) mass is 368 g/mol. The van der Waals surface area contributed by atoms with E-state index in [0.29, 0.717) is 38.9 Å². The number of aliphatic hydroxyl groups is 1. The number of carbonyl (C=O) groups is 1. The molecule has 3 rings (SSSR count). The molecule has 5 nitrogen and oxygen atoms in total. The van der Waals surface area contributed by atoms with E-state index in [2.05, 4.69) is 22.4 Å². The molecule has 0 saturated carbocycles. The third-order valence-corrected chi connectivity index (χ3v) is 5.50. The van der Waals surface area contributed by atoms with E-state index in [9.17, 15) is 9.90 Å². The van der Waals surface area contributed by atoms with Crippen LogP contribution in [-0.2, 0) is 16.0 Å². The quantitative estimate of drug-likeness (QED) is 0.788. The summed E-state index contributed by atoms with van der Waals surface area (Å²) in [5.74, 6) is 0.0210. The fourth-order valence-corrected chi connectivity index (χ4v) is 3.70. The van der Waals surface area contributed by atoms with Crippen LogP contribution in [0.15, 0.2) is 48.8 Å². The van der Waals surface area contributed by atoms with Gasteiger partial charge >= 0.3 is 0 Å². The maximum atomic E-state index is 13.2. The average Bonchev–Trinajstić information content (AvgIpc) is 2.73. The van der Waals surface area contributed by atoms with Gasteiger partial charge in [0.1, 0.15) is 0 Å². The second-order valence-electron chi connectivity index (χ2n) is 7.23. The van der Waals surface area contributed by atoms with Crippen molar-refractivity contribution in [2.24, 2.45) is 5.41 Å². The van der Waals surface area contributed by atoms with Gasteiger partial charge in [-0.15, -0.1) is 0 Å². The Balaban J connectivity index is 1.91. The van der Waals surface area contributed by atoms with Crippen LogP contribution in [0.5, 0.6) is 0 Å².